The van der Waals surface area contributed by atoms with E-state index in [-0.39, 0.29) is 0 Å². The molecule has 0 saturated heterocycles. The lowest BCUT2D eigenvalue weighted by Gasteiger charge is -2.35. The van der Waals surface area contributed by atoms with Crippen LogP contribution in [0.2, 0.25) is 0 Å². The van der Waals surface area contributed by atoms with Gasteiger partial charge in [0.05, 0.1) is 7.11 Å². The molecule has 1 N–H and O–H groups in total. The van der Waals surface area contributed by atoms with Gasteiger partial charge in [0.2, 0.25) is 0 Å². The van der Waals surface area contributed by atoms with Crippen LogP contribution in [0, 0.1) is 0 Å². The second-order valence-electron chi connectivity index (χ2n) is 3.93. The molecule has 2 nitrogen and oxygen atoms in total. The number of rotatable bonds is 3. The lowest BCUT2D eigenvalue weighted by Crippen LogP contribution is -2.37. The molecule has 1 aromatic rings. The summed E-state index contributed by atoms with van der Waals surface area (Å²) in [4.78, 5) is 0. The van der Waals surface area contributed by atoms with Gasteiger partial charge in [0.15, 0.2) is 0 Å². The SMILES string of the molecule is CNC1CC(c2ccc(OC)cc2)C1. The molecule has 0 radical (unpaired) electrons. The fourth-order valence-electron chi connectivity index (χ4n) is 2.00. The van der Waals surface area contributed by atoms with E-state index in [4.69, 9.17) is 4.74 Å². The lowest BCUT2D eigenvalue weighted by molar-refractivity contribution is 0.307. The number of nitrogens with one attached hydrogen (secondary N) is 1. The van der Waals surface area contributed by atoms with E-state index in [1.165, 1.54) is 18.4 Å². The Bertz CT molecular complexity index is 288. The van der Waals surface area contributed by atoms with Gasteiger partial charge in [-0.1, -0.05) is 12.1 Å². The Morgan fingerprint density at radius 3 is 2.36 bits per heavy atom. The van der Waals surface area contributed by atoms with E-state index in [1.807, 2.05) is 19.2 Å². The van der Waals surface area contributed by atoms with Crippen LogP contribution in [0.4, 0.5) is 0 Å². The first-order valence-electron chi connectivity index (χ1n) is 5.14. The molecular weight excluding hydrogens is 174 g/mol. The highest BCUT2D eigenvalue weighted by Crippen LogP contribution is 2.36. The molecular formula is C12H17NO. The van der Waals surface area contributed by atoms with Gasteiger partial charge in [0, 0.05) is 6.04 Å². The average molecular weight is 191 g/mol. The first kappa shape index (κ1) is 9.53. The maximum atomic E-state index is 5.13. The number of ether oxygens (including phenoxy) is 1. The quantitative estimate of drug-likeness (QED) is 0.790. The van der Waals surface area contributed by atoms with Gasteiger partial charge in [-0.05, 0) is 43.5 Å². The van der Waals surface area contributed by atoms with Crippen LogP contribution in [0.3, 0.4) is 0 Å². The van der Waals surface area contributed by atoms with E-state index in [2.05, 4.69) is 17.4 Å². The highest BCUT2D eigenvalue weighted by Gasteiger charge is 2.28. The monoisotopic (exact) mass is 191 g/mol. The number of hydrogen-bond donors (Lipinski definition) is 1. The Balaban J connectivity index is 1.98. The largest absolute Gasteiger partial charge is 0.497 e. The molecule has 0 bridgehead atoms. The zero-order valence-corrected chi connectivity index (χ0v) is 8.79. The maximum Gasteiger partial charge on any atom is 0.118 e. The molecule has 2 rings (SSSR count). The minimum absolute atomic E-state index is 0.724. The van der Waals surface area contributed by atoms with Crippen LogP contribution in [0.5, 0.6) is 5.75 Å². The van der Waals surface area contributed by atoms with E-state index in [9.17, 15) is 0 Å². The van der Waals surface area contributed by atoms with Crippen molar-refractivity contribution in [3.8, 4) is 5.75 Å². The van der Waals surface area contributed by atoms with Gasteiger partial charge >= 0.3 is 0 Å². The second-order valence-corrected chi connectivity index (χ2v) is 3.93. The smallest absolute Gasteiger partial charge is 0.118 e. The summed E-state index contributed by atoms with van der Waals surface area (Å²) in [6.07, 6.45) is 2.53. The number of methoxy groups -OCH3 is 1. The predicted octanol–water partition coefficient (Wildman–Crippen LogP) is 2.16. The van der Waals surface area contributed by atoms with Crippen molar-refractivity contribution in [1.82, 2.24) is 5.32 Å². The van der Waals surface area contributed by atoms with Gasteiger partial charge in [-0.25, -0.2) is 0 Å². The third-order valence-electron chi connectivity index (χ3n) is 3.13. The Hall–Kier alpha value is -1.02. The Kier molecular flexibility index (Phi) is 2.73. The van der Waals surface area contributed by atoms with Gasteiger partial charge in [-0.15, -0.1) is 0 Å². The molecule has 0 aliphatic heterocycles. The summed E-state index contributed by atoms with van der Waals surface area (Å²) in [6, 6.07) is 9.16. The molecule has 0 atom stereocenters. The van der Waals surface area contributed by atoms with Gasteiger partial charge in [-0.2, -0.15) is 0 Å². The summed E-state index contributed by atoms with van der Waals surface area (Å²) in [5.41, 5.74) is 1.44. The summed E-state index contributed by atoms with van der Waals surface area (Å²) >= 11 is 0. The third kappa shape index (κ3) is 1.75. The minimum atomic E-state index is 0.724. The van der Waals surface area contributed by atoms with Gasteiger partial charge < -0.3 is 10.1 Å². The van der Waals surface area contributed by atoms with Gasteiger partial charge in [0.25, 0.3) is 0 Å². The predicted molar refractivity (Wildman–Crippen MR) is 57.8 cm³/mol. The van der Waals surface area contributed by atoms with Crippen LogP contribution < -0.4 is 10.1 Å². The van der Waals surface area contributed by atoms with Crippen LogP contribution >= 0.6 is 0 Å². The van der Waals surface area contributed by atoms with Crippen molar-refractivity contribution in [1.29, 1.82) is 0 Å². The normalized spacial score (nSPS) is 25.6. The van der Waals surface area contributed by atoms with Crippen LogP contribution in [0.1, 0.15) is 24.3 Å². The summed E-state index contributed by atoms with van der Waals surface area (Å²) in [5.74, 6) is 1.69. The molecule has 1 aromatic carbocycles. The summed E-state index contributed by atoms with van der Waals surface area (Å²) in [6.45, 7) is 0. The standard InChI is InChI=1S/C12H17NO/c1-13-11-7-10(8-11)9-3-5-12(14-2)6-4-9/h3-6,10-11,13H,7-8H2,1-2H3. The van der Waals surface area contributed by atoms with E-state index >= 15 is 0 Å². The lowest BCUT2D eigenvalue weighted by atomic mass is 9.76. The van der Waals surface area contributed by atoms with Crippen LogP contribution in [0.15, 0.2) is 24.3 Å². The topological polar surface area (TPSA) is 21.3 Å². The first-order valence-corrected chi connectivity index (χ1v) is 5.14. The van der Waals surface area contributed by atoms with Crippen molar-refractivity contribution in [2.24, 2.45) is 0 Å². The highest BCUT2D eigenvalue weighted by molar-refractivity contribution is 5.30. The molecule has 0 amide bonds. The van der Waals surface area contributed by atoms with Crippen LogP contribution in [-0.4, -0.2) is 20.2 Å². The average Bonchev–Trinajstić information content (AvgIpc) is 2.17. The molecule has 0 heterocycles. The van der Waals surface area contributed by atoms with Crippen LogP contribution in [0.25, 0.3) is 0 Å². The van der Waals surface area contributed by atoms with E-state index in [0.717, 1.165) is 17.7 Å². The Labute approximate surface area is 85.3 Å². The number of benzene rings is 1. The van der Waals surface area contributed by atoms with Gasteiger partial charge in [-0.3, -0.25) is 0 Å². The van der Waals surface area contributed by atoms with Crippen molar-refractivity contribution < 1.29 is 4.74 Å². The number of hydrogen-bond acceptors (Lipinski definition) is 2. The van der Waals surface area contributed by atoms with E-state index in [0.29, 0.717) is 0 Å². The van der Waals surface area contributed by atoms with E-state index < -0.39 is 0 Å². The fourth-order valence-corrected chi connectivity index (χ4v) is 2.00. The molecule has 1 fully saturated rings. The molecule has 0 aromatic heterocycles. The summed E-state index contributed by atoms with van der Waals surface area (Å²) in [5, 5.41) is 3.30. The molecule has 1 saturated carbocycles. The Morgan fingerprint density at radius 2 is 1.86 bits per heavy atom. The molecule has 2 heteroatoms. The first-order chi connectivity index (χ1) is 6.83. The minimum Gasteiger partial charge on any atom is -0.497 e. The zero-order chi connectivity index (χ0) is 9.97. The summed E-state index contributed by atoms with van der Waals surface area (Å²) < 4.78 is 5.13. The van der Waals surface area contributed by atoms with Crippen molar-refractivity contribution in [2.75, 3.05) is 14.2 Å². The molecule has 76 valence electrons. The van der Waals surface area contributed by atoms with Crippen molar-refractivity contribution >= 4 is 0 Å². The molecule has 14 heavy (non-hydrogen) atoms. The fraction of sp³-hybridized carbons (Fsp3) is 0.500. The van der Waals surface area contributed by atoms with Crippen molar-refractivity contribution in [3.63, 3.8) is 0 Å². The van der Waals surface area contributed by atoms with E-state index in [1.54, 1.807) is 7.11 Å². The van der Waals surface area contributed by atoms with Crippen LogP contribution in [-0.2, 0) is 0 Å². The molecule has 1 aliphatic rings. The van der Waals surface area contributed by atoms with Gasteiger partial charge in [0.1, 0.15) is 5.75 Å². The maximum absolute atomic E-state index is 5.13. The van der Waals surface area contributed by atoms with Crippen molar-refractivity contribution in [3.05, 3.63) is 29.8 Å². The molecule has 0 spiro atoms. The zero-order valence-electron chi connectivity index (χ0n) is 8.79. The molecule has 0 unspecified atom stereocenters. The molecule has 1 aliphatic carbocycles. The van der Waals surface area contributed by atoms with Crippen molar-refractivity contribution in [2.45, 2.75) is 24.8 Å². The highest BCUT2D eigenvalue weighted by atomic mass is 16.5. The third-order valence-corrected chi connectivity index (χ3v) is 3.13. The summed E-state index contributed by atoms with van der Waals surface area (Å²) in [7, 11) is 3.74. The second kappa shape index (κ2) is 4.01. The Morgan fingerprint density at radius 1 is 1.21 bits per heavy atom.